The Morgan fingerprint density at radius 3 is 2.47 bits per heavy atom. The Labute approximate surface area is 187 Å². The molecule has 0 unspecified atom stereocenters. The number of rotatable bonds is 6. The molecule has 0 bridgehead atoms. The first kappa shape index (κ1) is 20.6. The molecule has 0 spiro atoms. The Bertz CT molecular complexity index is 1000. The highest BCUT2D eigenvalue weighted by molar-refractivity contribution is 6.21. The minimum absolute atomic E-state index is 0.108. The Hall–Kier alpha value is -3.26. The fraction of sp³-hybridized carbons (Fsp3) is 0.417. The summed E-state index contributed by atoms with van der Waals surface area (Å²) in [6.07, 6.45) is 1.18. The Morgan fingerprint density at radius 2 is 1.72 bits per heavy atom. The van der Waals surface area contributed by atoms with E-state index in [-0.39, 0.29) is 31.1 Å². The van der Waals surface area contributed by atoms with E-state index in [2.05, 4.69) is 4.90 Å². The number of hydrogen-bond acceptors (Lipinski definition) is 6. The van der Waals surface area contributed by atoms with E-state index in [4.69, 9.17) is 14.2 Å². The number of carbonyl (C=O) groups is 2. The van der Waals surface area contributed by atoms with E-state index < -0.39 is 0 Å². The number of hydrogen-bond donors (Lipinski definition) is 1. The number of amides is 2. The van der Waals surface area contributed by atoms with E-state index in [1.807, 2.05) is 37.3 Å². The number of nitrogens with zero attached hydrogens (tertiary/aromatic N) is 2. The van der Waals surface area contributed by atoms with E-state index in [1.165, 1.54) is 9.80 Å². The summed E-state index contributed by atoms with van der Waals surface area (Å²) in [5.74, 6) is 2.06. The molecule has 1 atom stereocenters. The molecule has 32 heavy (non-hydrogen) atoms. The molecule has 3 heterocycles. The number of carbonyl (C=O) groups excluding carboxylic acids is 2. The summed E-state index contributed by atoms with van der Waals surface area (Å²) in [5, 5.41) is 0. The van der Waals surface area contributed by atoms with Gasteiger partial charge in [0.15, 0.2) is 17.5 Å². The van der Waals surface area contributed by atoms with Crippen molar-refractivity contribution in [2.24, 2.45) is 0 Å². The summed E-state index contributed by atoms with van der Waals surface area (Å²) in [4.78, 5) is 30.7. The van der Waals surface area contributed by atoms with Crippen molar-refractivity contribution in [2.75, 3.05) is 49.4 Å². The van der Waals surface area contributed by atoms with Crippen molar-refractivity contribution in [1.29, 1.82) is 0 Å². The zero-order chi connectivity index (χ0) is 22.1. The molecule has 2 amide bonds. The predicted molar refractivity (Wildman–Crippen MR) is 119 cm³/mol. The van der Waals surface area contributed by atoms with Crippen molar-refractivity contribution in [3.8, 4) is 17.2 Å². The first-order chi connectivity index (χ1) is 15.6. The van der Waals surface area contributed by atoms with E-state index in [0.29, 0.717) is 12.3 Å². The fourth-order valence-corrected chi connectivity index (χ4v) is 4.62. The standard InChI is InChI=1S/C24H27N3O5/c1-2-13-30-19-6-3-17(4-7-19)27-23(28)15-20(24(27)29)26-11-9-25(10-12-26)18-5-8-21-22(14-18)32-16-31-21/h3-8,14,20H,2,9-13,15-16H2,1H3/p+1/t20-/m1/s1. The molecule has 2 fully saturated rings. The third-order valence-corrected chi connectivity index (χ3v) is 6.33. The molecule has 0 saturated carbocycles. The van der Waals surface area contributed by atoms with Gasteiger partial charge in [-0.3, -0.25) is 9.59 Å². The van der Waals surface area contributed by atoms with Gasteiger partial charge in [0, 0.05) is 11.8 Å². The van der Waals surface area contributed by atoms with Crippen LogP contribution in [0.3, 0.4) is 0 Å². The third-order valence-electron chi connectivity index (χ3n) is 6.33. The second-order valence-corrected chi connectivity index (χ2v) is 8.35. The van der Waals surface area contributed by atoms with E-state index >= 15 is 0 Å². The van der Waals surface area contributed by atoms with E-state index in [1.54, 1.807) is 12.1 Å². The molecule has 8 heteroatoms. The van der Waals surface area contributed by atoms with E-state index in [9.17, 15) is 9.59 Å². The number of benzene rings is 2. The van der Waals surface area contributed by atoms with Gasteiger partial charge in [-0.2, -0.15) is 0 Å². The molecule has 3 aliphatic heterocycles. The van der Waals surface area contributed by atoms with Crippen LogP contribution < -0.4 is 28.9 Å². The van der Waals surface area contributed by atoms with E-state index in [0.717, 1.165) is 55.5 Å². The van der Waals surface area contributed by atoms with Gasteiger partial charge in [-0.1, -0.05) is 6.92 Å². The van der Waals surface area contributed by atoms with Crippen molar-refractivity contribution in [1.82, 2.24) is 0 Å². The van der Waals surface area contributed by atoms with Crippen LogP contribution in [0.25, 0.3) is 0 Å². The van der Waals surface area contributed by atoms with Crippen LogP contribution in [-0.2, 0) is 9.59 Å². The molecule has 2 aromatic rings. The molecule has 1 N–H and O–H groups in total. The average molecular weight is 439 g/mol. The van der Waals surface area contributed by atoms with Gasteiger partial charge in [0.05, 0.1) is 44.9 Å². The second kappa shape index (κ2) is 8.70. The number of anilines is 2. The van der Waals surface area contributed by atoms with Crippen LogP contribution in [0.1, 0.15) is 19.8 Å². The van der Waals surface area contributed by atoms with Crippen molar-refractivity contribution in [3.05, 3.63) is 42.5 Å². The Kier molecular flexibility index (Phi) is 5.61. The summed E-state index contributed by atoms with van der Waals surface area (Å²) < 4.78 is 16.5. The Balaban J connectivity index is 1.22. The van der Waals surface area contributed by atoms with Crippen LogP contribution in [0.5, 0.6) is 17.2 Å². The zero-order valence-electron chi connectivity index (χ0n) is 18.2. The number of imide groups is 1. The molecular weight excluding hydrogens is 410 g/mol. The van der Waals surface area contributed by atoms with Crippen molar-refractivity contribution in [3.63, 3.8) is 0 Å². The lowest BCUT2D eigenvalue weighted by molar-refractivity contribution is -0.915. The van der Waals surface area contributed by atoms with Crippen LogP contribution in [0.15, 0.2) is 42.5 Å². The number of nitrogens with one attached hydrogen (secondary N) is 1. The second-order valence-electron chi connectivity index (χ2n) is 8.35. The van der Waals surface area contributed by atoms with Crippen LogP contribution in [0, 0.1) is 0 Å². The van der Waals surface area contributed by atoms with Crippen LogP contribution in [0.4, 0.5) is 11.4 Å². The summed E-state index contributed by atoms with van der Waals surface area (Å²) in [5.41, 5.74) is 1.71. The predicted octanol–water partition coefficient (Wildman–Crippen LogP) is 1.24. The molecule has 0 radical (unpaired) electrons. The highest BCUT2D eigenvalue weighted by Gasteiger charge is 2.46. The minimum Gasteiger partial charge on any atom is -0.494 e. The Morgan fingerprint density at radius 1 is 1.00 bits per heavy atom. The molecule has 0 aliphatic carbocycles. The molecule has 0 aromatic heterocycles. The monoisotopic (exact) mass is 438 g/mol. The summed E-state index contributed by atoms with van der Waals surface area (Å²) in [6.45, 7) is 6.19. The van der Waals surface area contributed by atoms with Gasteiger partial charge < -0.3 is 24.0 Å². The first-order valence-corrected chi connectivity index (χ1v) is 11.2. The van der Waals surface area contributed by atoms with Gasteiger partial charge >= 0.3 is 0 Å². The maximum Gasteiger partial charge on any atom is 0.292 e. The molecule has 2 saturated heterocycles. The van der Waals surface area contributed by atoms with Crippen molar-refractivity contribution in [2.45, 2.75) is 25.8 Å². The summed E-state index contributed by atoms with van der Waals surface area (Å²) >= 11 is 0. The normalized spacial score (nSPS) is 20.8. The SMILES string of the molecule is CCCOc1ccc(N2C(=O)C[C@@H]([NH+]3CCN(c4ccc5c(c4)OCO5)CC3)C2=O)cc1. The number of ether oxygens (including phenoxy) is 3. The van der Waals surface area contributed by atoms with Gasteiger partial charge in [0.2, 0.25) is 12.7 Å². The fourth-order valence-electron chi connectivity index (χ4n) is 4.62. The average Bonchev–Trinajstić information content (AvgIpc) is 3.41. The summed E-state index contributed by atoms with van der Waals surface area (Å²) in [6, 6.07) is 12.9. The van der Waals surface area contributed by atoms with Crippen LogP contribution in [-0.4, -0.2) is 57.4 Å². The first-order valence-electron chi connectivity index (χ1n) is 11.2. The van der Waals surface area contributed by atoms with Crippen LogP contribution in [0.2, 0.25) is 0 Å². The maximum absolute atomic E-state index is 13.2. The molecule has 3 aliphatic rings. The van der Waals surface area contributed by atoms with Crippen molar-refractivity contribution < 1.29 is 28.7 Å². The van der Waals surface area contributed by atoms with Gasteiger partial charge in [-0.05, 0) is 42.8 Å². The molecule has 5 rings (SSSR count). The van der Waals surface area contributed by atoms with Crippen molar-refractivity contribution >= 4 is 23.2 Å². The van der Waals surface area contributed by atoms with Gasteiger partial charge in [-0.25, -0.2) is 4.90 Å². The topological polar surface area (TPSA) is 72.8 Å². The number of fused-ring (bicyclic) bond motifs is 1. The van der Waals surface area contributed by atoms with Gasteiger partial charge in [0.1, 0.15) is 5.75 Å². The smallest absolute Gasteiger partial charge is 0.292 e. The molecule has 8 nitrogen and oxygen atoms in total. The van der Waals surface area contributed by atoms with Gasteiger partial charge in [0.25, 0.3) is 5.91 Å². The molecular formula is C24H28N3O5+. The third kappa shape index (κ3) is 3.86. The maximum atomic E-state index is 13.2. The molecule has 2 aromatic carbocycles. The highest BCUT2D eigenvalue weighted by Crippen LogP contribution is 2.35. The van der Waals surface area contributed by atoms with Crippen LogP contribution >= 0.6 is 0 Å². The lowest BCUT2D eigenvalue weighted by Gasteiger charge is -2.35. The largest absolute Gasteiger partial charge is 0.494 e. The lowest BCUT2D eigenvalue weighted by atomic mass is 10.1. The van der Waals surface area contributed by atoms with Gasteiger partial charge in [-0.15, -0.1) is 0 Å². The highest BCUT2D eigenvalue weighted by atomic mass is 16.7. The number of quaternary nitrogens is 1. The quantitative estimate of drug-likeness (QED) is 0.685. The lowest BCUT2D eigenvalue weighted by Crippen LogP contribution is -3.19. The number of piperazine rings is 1. The minimum atomic E-state index is -0.322. The molecule has 168 valence electrons. The zero-order valence-corrected chi connectivity index (χ0v) is 18.2. The summed E-state index contributed by atoms with van der Waals surface area (Å²) in [7, 11) is 0.